The third-order valence-electron chi connectivity index (χ3n) is 5.61. The van der Waals surface area contributed by atoms with Gasteiger partial charge >= 0.3 is 0 Å². The molecule has 0 aliphatic heterocycles. The highest BCUT2D eigenvalue weighted by Crippen LogP contribution is 2.31. The first-order valence-corrected chi connectivity index (χ1v) is 13.9. The molecule has 0 unspecified atom stereocenters. The quantitative estimate of drug-likeness (QED) is 0.342. The Morgan fingerprint density at radius 3 is 2.05 bits per heavy atom. The van der Waals surface area contributed by atoms with Crippen LogP contribution in [0.3, 0.4) is 0 Å². The second-order valence-corrected chi connectivity index (χ2v) is 11.4. The summed E-state index contributed by atoms with van der Waals surface area (Å²) in [6.45, 7) is 0.752. The number of benzene rings is 3. The predicted octanol–water partition coefficient (Wildman–Crippen LogP) is 5.66. The summed E-state index contributed by atoms with van der Waals surface area (Å²) in [6.07, 6.45) is 0. The number of carbonyl (C=O) groups is 2. The van der Waals surface area contributed by atoms with Crippen molar-refractivity contribution in [3.63, 3.8) is 0 Å². The topological polar surface area (TPSA) is 86.8 Å². The molecule has 0 radical (unpaired) electrons. The van der Waals surface area contributed by atoms with Gasteiger partial charge in [0, 0.05) is 29.2 Å². The number of nitrogens with one attached hydrogen (secondary N) is 1. The van der Waals surface area contributed by atoms with E-state index >= 15 is 0 Å². The van der Waals surface area contributed by atoms with Gasteiger partial charge in [-0.05, 0) is 49.4 Å². The van der Waals surface area contributed by atoms with Gasteiger partial charge < -0.3 is 10.2 Å². The Balaban J connectivity index is 2.08. The Morgan fingerprint density at radius 2 is 1.49 bits per heavy atom. The van der Waals surface area contributed by atoms with E-state index in [1.807, 2.05) is 0 Å². The van der Waals surface area contributed by atoms with Gasteiger partial charge in [0.25, 0.3) is 10.0 Å². The number of halogens is 4. The highest BCUT2D eigenvalue weighted by Gasteiger charge is 2.33. The number of anilines is 1. The Kier molecular flexibility index (Phi) is 9.72. The number of amides is 2. The zero-order valence-corrected chi connectivity index (χ0v) is 23.6. The van der Waals surface area contributed by atoms with Crippen LogP contribution in [0.15, 0.2) is 71.6 Å². The standard InChI is InChI=1S/C25H23Cl4N3O4S/c1-16(25(34)30-2)31(14-19-20(26)9-6-10-21(19)27)24(33)15-32(17-11-12-22(28)23(29)13-17)37(35,36)18-7-4-3-5-8-18/h3-13,16H,14-15H2,1-2H3,(H,30,34)/t16-/m0/s1. The van der Waals surface area contributed by atoms with E-state index in [9.17, 15) is 18.0 Å². The van der Waals surface area contributed by atoms with Crippen LogP contribution in [0.25, 0.3) is 0 Å². The summed E-state index contributed by atoms with van der Waals surface area (Å²) < 4.78 is 28.3. The third-order valence-corrected chi connectivity index (χ3v) is 8.84. The van der Waals surface area contributed by atoms with Crippen LogP contribution in [0.2, 0.25) is 20.1 Å². The second kappa shape index (κ2) is 12.4. The Morgan fingerprint density at radius 1 is 0.865 bits per heavy atom. The van der Waals surface area contributed by atoms with Gasteiger partial charge in [-0.25, -0.2) is 8.42 Å². The normalized spacial score (nSPS) is 12.1. The zero-order chi connectivity index (χ0) is 27.3. The van der Waals surface area contributed by atoms with Gasteiger partial charge in [-0.2, -0.15) is 0 Å². The van der Waals surface area contributed by atoms with Crippen LogP contribution in [0, 0.1) is 0 Å². The first kappa shape index (κ1) is 29.1. The van der Waals surface area contributed by atoms with Gasteiger partial charge in [0.1, 0.15) is 12.6 Å². The van der Waals surface area contributed by atoms with E-state index in [4.69, 9.17) is 46.4 Å². The number of nitrogens with zero attached hydrogens (tertiary/aromatic N) is 2. The summed E-state index contributed by atoms with van der Waals surface area (Å²) in [5.74, 6) is -1.12. The molecule has 0 bridgehead atoms. The maximum atomic E-state index is 13.7. The first-order valence-electron chi connectivity index (χ1n) is 10.9. The molecule has 12 heteroatoms. The van der Waals surface area contributed by atoms with E-state index < -0.39 is 34.4 Å². The predicted molar refractivity (Wildman–Crippen MR) is 148 cm³/mol. The van der Waals surface area contributed by atoms with Crippen molar-refractivity contribution in [1.82, 2.24) is 10.2 Å². The molecule has 196 valence electrons. The van der Waals surface area contributed by atoms with E-state index in [2.05, 4.69) is 5.32 Å². The maximum Gasteiger partial charge on any atom is 0.264 e. The minimum atomic E-state index is -4.22. The number of sulfonamides is 1. The molecule has 0 saturated heterocycles. The van der Waals surface area contributed by atoms with Crippen LogP contribution in [0.1, 0.15) is 12.5 Å². The van der Waals surface area contributed by atoms with Crippen LogP contribution < -0.4 is 9.62 Å². The van der Waals surface area contributed by atoms with Crippen molar-refractivity contribution in [2.24, 2.45) is 0 Å². The van der Waals surface area contributed by atoms with Crippen molar-refractivity contribution in [3.8, 4) is 0 Å². The number of carbonyl (C=O) groups excluding carboxylic acids is 2. The van der Waals surface area contributed by atoms with Crippen molar-refractivity contribution in [2.45, 2.75) is 24.4 Å². The molecular weight excluding hydrogens is 580 g/mol. The molecule has 0 spiro atoms. The third kappa shape index (κ3) is 6.69. The minimum absolute atomic E-state index is 0.0334. The molecule has 2 amide bonds. The first-order chi connectivity index (χ1) is 17.5. The van der Waals surface area contributed by atoms with E-state index in [0.29, 0.717) is 15.6 Å². The summed E-state index contributed by atoms with van der Waals surface area (Å²) in [4.78, 5) is 27.5. The van der Waals surface area contributed by atoms with Gasteiger partial charge in [0.05, 0.1) is 20.6 Å². The molecule has 37 heavy (non-hydrogen) atoms. The summed E-state index contributed by atoms with van der Waals surface area (Å²) >= 11 is 24.9. The lowest BCUT2D eigenvalue weighted by atomic mass is 10.1. The Labute approximate surface area is 235 Å². The molecular formula is C25H23Cl4N3O4S. The summed E-state index contributed by atoms with van der Waals surface area (Å²) in [5.41, 5.74) is 0.539. The SMILES string of the molecule is CNC(=O)[C@H](C)N(Cc1c(Cl)cccc1Cl)C(=O)CN(c1ccc(Cl)c(Cl)c1)S(=O)(=O)c1ccccc1. The highest BCUT2D eigenvalue weighted by atomic mass is 35.5. The van der Waals surface area contributed by atoms with Gasteiger partial charge in [0.15, 0.2) is 0 Å². The van der Waals surface area contributed by atoms with E-state index in [-0.39, 0.29) is 27.2 Å². The smallest absolute Gasteiger partial charge is 0.264 e. The fraction of sp³-hybridized carbons (Fsp3) is 0.200. The zero-order valence-electron chi connectivity index (χ0n) is 19.8. The fourth-order valence-corrected chi connectivity index (χ4v) is 5.77. The lowest BCUT2D eigenvalue weighted by Crippen LogP contribution is -2.50. The maximum absolute atomic E-state index is 13.7. The number of rotatable bonds is 9. The van der Waals surface area contributed by atoms with E-state index in [1.54, 1.807) is 36.4 Å². The Hall–Kier alpha value is -2.49. The average Bonchev–Trinajstić information content (AvgIpc) is 2.88. The van der Waals surface area contributed by atoms with Crippen LogP contribution in [0.4, 0.5) is 5.69 Å². The average molecular weight is 603 g/mol. The van der Waals surface area contributed by atoms with Crippen LogP contribution >= 0.6 is 46.4 Å². The lowest BCUT2D eigenvalue weighted by Gasteiger charge is -2.32. The lowest BCUT2D eigenvalue weighted by molar-refractivity contribution is -0.139. The van der Waals surface area contributed by atoms with Crippen molar-refractivity contribution in [1.29, 1.82) is 0 Å². The molecule has 3 rings (SSSR count). The summed E-state index contributed by atoms with van der Waals surface area (Å²) in [5, 5.41) is 3.43. The van der Waals surface area contributed by atoms with Gasteiger partial charge in [-0.3, -0.25) is 13.9 Å². The fourth-order valence-electron chi connectivity index (χ4n) is 3.53. The molecule has 0 aromatic heterocycles. The van der Waals surface area contributed by atoms with Crippen LogP contribution in [-0.4, -0.2) is 44.8 Å². The molecule has 1 N–H and O–H groups in total. The van der Waals surface area contributed by atoms with Crippen LogP contribution in [0.5, 0.6) is 0 Å². The highest BCUT2D eigenvalue weighted by molar-refractivity contribution is 7.92. The van der Waals surface area contributed by atoms with Crippen molar-refractivity contribution in [2.75, 3.05) is 17.9 Å². The number of hydrogen-bond acceptors (Lipinski definition) is 4. The van der Waals surface area contributed by atoms with E-state index in [0.717, 1.165) is 4.31 Å². The second-order valence-electron chi connectivity index (χ2n) is 7.94. The number of hydrogen-bond donors (Lipinski definition) is 1. The van der Waals surface area contributed by atoms with Crippen molar-refractivity contribution >= 4 is 73.9 Å². The molecule has 3 aromatic carbocycles. The van der Waals surface area contributed by atoms with Crippen molar-refractivity contribution in [3.05, 3.63) is 92.4 Å². The molecule has 7 nitrogen and oxygen atoms in total. The van der Waals surface area contributed by atoms with Crippen LogP contribution in [-0.2, 0) is 26.2 Å². The molecule has 0 aliphatic carbocycles. The monoisotopic (exact) mass is 601 g/mol. The van der Waals surface area contributed by atoms with Crippen molar-refractivity contribution < 1.29 is 18.0 Å². The van der Waals surface area contributed by atoms with E-state index in [1.165, 1.54) is 49.2 Å². The molecule has 1 atom stereocenters. The molecule has 0 aliphatic rings. The molecule has 0 fully saturated rings. The van der Waals surface area contributed by atoms with Gasteiger partial charge in [-0.1, -0.05) is 70.7 Å². The van der Waals surface area contributed by atoms with Gasteiger partial charge in [0.2, 0.25) is 11.8 Å². The summed E-state index contributed by atoms with van der Waals surface area (Å²) in [7, 11) is -2.79. The molecule has 0 heterocycles. The Bertz CT molecular complexity index is 1380. The molecule has 0 saturated carbocycles. The largest absolute Gasteiger partial charge is 0.357 e. The molecule has 3 aromatic rings. The van der Waals surface area contributed by atoms with Gasteiger partial charge in [-0.15, -0.1) is 0 Å². The number of likely N-dealkylation sites (N-methyl/N-ethyl adjacent to an activating group) is 1. The minimum Gasteiger partial charge on any atom is -0.357 e. The summed E-state index contributed by atoms with van der Waals surface area (Å²) in [6, 6.07) is 15.8.